The van der Waals surface area contributed by atoms with Gasteiger partial charge in [0.15, 0.2) is 11.6 Å². The summed E-state index contributed by atoms with van der Waals surface area (Å²) in [7, 11) is 1.34. The van der Waals surface area contributed by atoms with Crippen molar-refractivity contribution in [2.45, 2.75) is 32.8 Å². The van der Waals surface area contributed by atoms with Gasteiger partial charge in [0.2, 0.25) is 0 Å². The number of methoxy groups -OCH3 is 1. The van der Waals surface area contributed by atoms with Gasteiger partial charge < -0.3 is 15.2 Å². The van der Waals surface area contributed by atoms with Crippen LogP contribution >= 0.6 is 0 Å². The summed E-state index contributed by atoms with van der Waals surface area (Å²) in [5.41, 5.74) is 0.306. The summed E-state index contributed by atoms with van der Waals surface area (Å²) in [6.07, 6.45) is 1.15. The molecule has 0 heterocycles. The molecule has 1 aromatic rings. The number of hydrogen-bond donors (Lipinski definition) is 2. The minimum absolute atomic E-state index is 0.0261. The molecule has 0 fully saturated rings. The second-order valence-electron chi connectivity index (χ2n) is 4.70. The Kier molecular flexibility index (Phi) is 6.45. The maximum absolute atomic E-state index is 13.2. The third-order valence-corrected chi connectivity index (χ3v) is 3.48. The molecule has 0 aliphatic rings. The summed E-state index contributed by atoms with van der Waals surface area (Å²) in [5, 5.41) is 12.6. The standard InChI is InChI=1S/C15H22FNO3/c1-4-10(5-2)13(18)9-17-15(19)11-6-7-12(16)14(8-11)20-3/h6-8,10,13,18H,4-5,9H2,1-3H3,(H,17,19). The van der Waals surface area contributed by atoms with Crippen molar-refractivity contribution < 1.29 is 19.0 Å². The highest BCUT2D eigenvalue weighted by Gasteiger charge is 2.17. The number of halogens is 1. The molecule has 0 bridgehead atoms. The van der Waals surface area contributed by atoms with E-state index in [4.69, 9.17) is 4.74 Å². The van der Waals surface area contributed by atoms with Gasteiger partial charge in [-0.15, -0.1) is 0 Å². The Labute approximate surface area is 119 Å². The molecule has 0 spiro atoms. The van der Waals surface area contributed by atoms with Crippen LogP contribution in [0.15, 0.2) is 18.2 Å². The van der Waals surface area contributed by atoms with Crippen molar-refractivity contribution in [3.8, 4) is 5.75 Å². The van der Waals surface area contributed by atoms with Crippen molar-refractivity contribution in [1.29, 1.82) is 0 Å². The highest BCUT2D eigenvalue weighted by Crippen LogP contribution is 2.18. The summed E-state index contributed by atoms with van der Waals surface area (Å²) < 4.78 is 18.1. The highest BCUT2D eigenvalue weighted by molar-refractivity contribution is 5.94. The lowest BCUT2D eigenvalue weighted by Gasteiger charge is -2.20. The van der Waals surface area contributed by atoms with Crippen LogP contribution in [0.2, 0.25) is 0 Å². The number of nitrogens with one attached hydrogen (secondary N) is 1. The monoisotopic (exact) mass is 283 g/mol. The maximum Gasteiger partial charge on any atom is 0.251 e. The lowest BCUT2D eigenvalue weighted by atomic mass is 9.96. The predicted octanol–water partition coefficient (Wildman–Crippen LogP) is 2.36. The number of aliphatic hydroxyl groups excluding tert-OH is 1. The third-order valence-electron chi connectivity index (χ3n) is 3.48. The minimum atomic E-state index is -0.573. The molecule has 5 heteroatoms. The Bertz CT molecular complexity index is 447. The Morgan fingerprint density at radius 2 is 2.05 bits per heavy atom. The molecule has 2 N–H and O–H groups in total. The van der Waals surface area contributed by atoms with Gasteiger partial charge in [-0.1, -0.05) is 26.7 Å². The molecule has 1 rings (SSSR count). The summed E-state index contributed by atoms with van der Waals surface area (Å²) in [5.74, 6) is -0.675. The van der Waals surface area contributed by atoms with Gasteiger partial charge in [0.1, 0.15) is 0 Å². The van der Waals surface area contributed by atoms with Gasteiger partial charge in [-0.3, -0.25) is 4.79 Å². The average Bonchev–Trinajstić information content (AvgIpc) is 2.46. The highest BCUT2D eigenvalue weighted by atomic mass is 19.1. The fraction of sp³-hybridized carbons (Fsp3) is 0.533. The van der Waals surface area contributed by atoms with Gasteiger partial charge in [0.05, 0.1) is 13.2 Å². The Morgan fingerprint density at radius 1 is 1.40 bits per heavy atom. The van der Waals surface area contributed by atoms with Crippen LogP contribution in [0.1, 0.15) is 37.0 Å². The number of carbonyl (C=O) groups excluding carboxylic acids is 1. The average molecular weight is 283 g/mol. The van der Waals surface area contributed by atoms with Crippen LogP contribution in [-0.2, 0) is 0 Å². The molecule has 0 aromatic heterocycles. The van der Waals surface area contributed by atoms with Crippen LogP contribution in [0.4, 0.5) is 4.39 Å². The van der Waals surface area contributed by atoms with Crippen LogP contribution in [-0.4, -0.2) is 30.8 Å². The van der Waals surface area contributed by atoms with Gasteiger partial charge >= 0.3 is 0 Å². The first kappa shape index (κ1) is 16.4. The zero-order valence-electron chi connectivity index (χ0n) is 12.1. The first-order valence-electron chi connectivity index (χ1n) is 6.83. The topological polar surface area (TPSA) is 58.6 Å². The van der Waals surface area contributed by atoms with Gasteiger partial charge in [-0.2, -0.15) is 0 Å². The Morgan fingerprint density at radius 3 is 2.60 bits per heavy atom. The molecule has 0 aliphatic heterocycles. The first-order chi connectivity index (χ1) is 9.53. The number of hydrogen-bond acceptors (Lipinski definition) is 3. The van der Waals surface area contributed by atoms with Crippen molar-refractivity contribution in [3.63, 3.8) is 0 Å². The Balaban J connectivity index is 2.63. The molecule has 0 saturated carbocycles. The molecule has 1 atom stereocenters. The zero-order chi connectivity index (χ0) is 15.1. The van der Waals surface area contributed by atoms with E-state index in [-0.39, 0.29) is 24.1 Å². The zero-order valence-corrected chi connectivity index (χ0v) is 12.1. The van der Waals surface area contributed by atoms with Gasteiger partial charge in [0, 0.05) is 12.1 Å². The van der Waals surface area contributed by atoms with E-state index in [2.05, 4.69) is 5.32 Å². The number of carbonyl (C=O) groups is 1. The summed E-state index contributed by atoms with van der Waals surface area (Å²) >= 11 is 0. The van der Waals surface area contributed by atoms with E-state index in [9.17, 15) is 14.3 Å². The molecule has 0 saturated heterocycles. The van der Waals surface area contributed by atoms with Crippen LogP contribution in [0.25, 0.3) is 0 Å². The van der Waals surface area contributed by atoms with E-state index in [0.29, 0.717) is 5.56 Å². The number of rotatable bonds is 7. The van der Waals surface area contributed by atoms with Crippen LogP contribution in [0, 0.1) is 11.7 Å². The normalized spacial score (nSPS) is 12.3. The lowest BCUT2D eigenvalue weighted by Crippen LogP contribution is -2.36. The predicted molar refractivity (Wildman–Crippen MR) is 75.4 cm³/mol. The molecule has 112 valence electrons. The largest absolute Gasteiger partial charge is 0.494 e. The van der Waals surface area contributed by atoms with Crippen molar-refractivity contribution in [3.05, 3.63) is 29.6 Å². The first-order valence-corrected chi connectivity index (χ1v) is 6.83. The van der Waals surface area contributed by atoms with Crippen molar-refractivity contribution >= 4 is 5.91 Å². The summed E-state index contributed by atoms with van der Waals surface area (Å²) in [4.78, 5) is 11.9. The smallest absolute Gasteiger partial charge is 0.251 e. The molecule has 20 heavy (non-hydrogen) atoms. The summed E-state index contributed by atoms with van der Waals surface area (Å²) in [6, 6.07) is 3.91. The number of amides is 1. The third kappa shape index (κ3) is 4.20. The van der Waals surface area contributed by atoms with Crippen molar-refractivity contribution in [2.75, 3.05) is 13.7 Å². The SMILES string of the molecule is CCC(CC)C(O)CNC(=O)c1ccc(F)c(OC)c1. The van der Waals surface area contributed by atoms with Crippen molar-refractivity contribution in [2.24, 2.45) is 5.92 Å². The van der Waals surface area contributed by atoms with Crippen molar-refractivity contribution in [1.82, 2.24) is 5.32 Å². The molecule has 0 radical (unpaired) electrons. The van der Waals surface area contributed by atoms with E-state index < -0.39 is 11.9 Å². The fourth-order valence-corrected chi connectivity index (χ4v) is 2.10. The van der Waals surface area contributed by atoms with E-state index >= 15 is 0 Å². The van der Waals surface area contributed by atoms with E-state index in [1.54, 1.807) is 0 Å². The number of benzene rings is 1. The second kappa shape index (κ2) is 7.85. The quantitative estimate of drug-likeness (QED) is 0.807. The van der Waals surface area contributed by atoms with Gasteiger partial charge in [-0.25, -0.2) is 4.39 Å². The lowest BCUT2D eigenvalue weighted by molar-refractivity contribution is 0.0816. The van der Waals surface area contributed by atoms with Crippen LogP contribution in [0.3, 0.4) is 0 Å². The summed E-state index contributed by atoms with van der Waals surface area (Å²) in [6.45, 7) is 4.19. The second-order valence-corrected chi connectivity index (χ2v) is 4.70. The molecule has 1 aromatic carbocycles. The van der Waals surface area contributed by atoms with E-state index in [1.165, 1.54) is 25.3 Å². The van der Waals surface area contributed by atoms with E-state index in [0.717, 1.165) is 12.8 Å². The minimum Gasteiger partial charge on any atom is -0.494 e. The molecule has 0 aliphatic carbocycles. The van der Waals surface area contributed by atoms with Crippen LogP contribution in [0.5, 0.6) is 5.75 Å². The number of aliphatic hydroxyl groups is 1. The molecule has 4 nitrogen and oxygen atoms in total. The maximum atomic E-state index is 13.2. The molecule has 1 amide bonds. The van der Waals surface area contributed by atoms with Crippen LogP contribution < -0.4 is 10.1 Å². The Hall–Kier alpha value is -1.62. The van der Waals surface area contributed by atoms with Gasteiger partial charge in [0.25, 0.3) is 5.91 Å². The fourth-order valence-electron chi connectivity index (χ4n) is 2.10. The molecule has 1 unspecified atom stereocenters. The number of ether oxygens (including phenoxy) is 1. The van der Waals surface area contributed by atoms with E-state index in [1.807, 2.05) is 13.8 Å². The van der Waals surface area contributed by atoms with Gasteiger partial charge in [-0.05, 0) is 24.1 Å². The molecular weight excluding hydrogens is 261 g/mol. The molecular formula is C15H22FNO3.